The fourth-order valence-corrected chi connectivity index (χ4v) is 1.38. The lowest BCUT2D eigenvalue weighted by Crippen LogP contribution is -2.49. The molecule has 4 heteroatoms. The van der Waals surface area contributed by atoms with Crippen molar-refractivity contribution < 1.29 is 4.79 Å². The first-order valence-corrected chi connectivity index (χ1v) is 4.81. The van der Waals surface area contributed by atoms with Crippen LogP contribution in [0.2, 0.25) is 0 Å². The zero-order valence-corrected chi connectivity index (χ0v) is 8.49. The number of likely N-dealkylation sites (N-methyl/N-ethyl adjacent to an activating group) is 1. The number of carbonyl (C=O) groups is 1. The normalized spacial score (nSPS) is 22.1. The summed E-state index contributed by atoms with van der Waals surface area (Å²) in [5.41, 5.74) is 5.65. The highest BCUT2D eigenvalue weighted by atomic mass is 16.2. The summed E-state index contributed by atoms with van der Waals surface area (Å²) in [6.07, 6.45) is 0.969. The van der Waals surface area contributed by atoms with Gasteiger partial charge in [0.1, 0.15) is 0 Å². The Bertz CT molecular complexity index is 182. The highest BCUT2D eigenvalue weighted by Crippen LogP contribution is 2.02. The van der Waals surface area contributed by atoms with Crippen LogP contribution in [-0.4, -0.2) is 55.0 Å². The van der Waals surface area contributed by atoms with E-state index in [9.17, 15) is 4.79 Å². The molecule has 1 rings (SSSR count). The van der Waals surface area contributed by atoms with Gasteiger partial charge in [-0.25, -0.2) is 0 Å². The van der Waals surface area contributed by atoms with E-state index < -0.39 is 0 Å². The van der Waals surface area contributed by atoms with Crippen molar-refractivity contribution in [3.05, 3.63) is 0 Å². The Balaban J connectivity index is 2.25. The topological polar surface area (TPSA) is 49.6 Å². The van der Waals surface area contributed by atoms with Crippen LogP contribution in [0, 0.1) is 0 Å². The molecule has 1 atom stereocenters. The average Bonchev–Trinajstić information content (AvgIpc) is 2.07. The van der Waals surface area contributed by atoms with Crippen molar-refractivity contribution in [3.8, 4) is 0 Å². The van der Waals surface area contributed by atoms with Crippen LogP contribution in [0.5, 0.6) is 0 Å². The van der Waals surface area contributed by atoms with Crippen molar-refractivity contribution in [1.82, 2.24) is 9.80 Å². The van der Waals surface area contributed by atoms with Gasteiger partial charge in [0.2, 0.25) is 5.91 Å². The number of nitrogens with two attached hydrogens (primary N) is 1. The molecule has 0 aliphatic carbocycles. The molecule has 1 aliphatic rings. The van der Waals surface area contributed by atoms with E-state index in [0.29, 0.717) is 6.54 Å². The van der Waals surface area contributed by atoms with Crippen LogP contribution in [0.1, 0.15) is 13.3 Å². The van der Waals surface area contributed by atoms with Gasteiger partial charge in [-0.1, -0.05) is 0 Å². The molecular weight excluding hydrogens is 166 g/mol. The summed E-state index contributed by atoms with van der Waals surface area (Å²) in [4.78, 5) is 15.3. The first kappa shape index (κ1) is 10.5. The van der Waals surface area contributed by atoms with Crippen LogP contribution in [-0.2, 0) is 4.79 Å². The SMILES string of the molecule is CC(N)CCN1CCN(C)C(=O)C1. The average molecular weight is 185 g/mol. The van der Waals surface area contributed by atoms with Gasteiger partial charge >= 0.3 is 0 Å². The summed E-state index contributed by atoms with van der Waals surface area (Å²) in [7, 11) is 1.85. The molecule has 0 saturated carbocycles. The molecule has 0 aromatic rings. The monoisotopic (exact) mass is 185 g/mol. The molecular formula is C9H19N3O. The molecule has 76 valence electrons. The summed E-state index contributed by atoms with van der Waals surface area (Å²) < 4.78 is 0. The molecule has 0 aromatic carbocycles. The van der Waals surface area contributed by atoms with Crippen LogP contribution in [0.3, 0.4) is 0 Å². The Morgan fingerprint density at radius 1 is 1.54 bits per heavy atom. The summed E-state index contributed by atoms with van der Waals surface area (Å²) in [6, 6.07) is 0.231. The van der Waals surface area contributed by atoms with E-state index >= 15 is 0 Å². The number of hydrogen-bond acceptors (Lipinski definition) is 3. The number of rotatable bonds is 3. The van der Waals surface area contributed by atoms with Gasteiger partial charge in [-0.2, -0.15) is 0 Å². The number of hydrogen-bond donors (Lipinski definition) is 1. The summed E-state index contributed by atoms with van der Waals surface area (Å²) in [5, 5.41) is 0. The maximum absolute atomic E-state index is 11.3. The van der Waals surface area contributed by atoms with Crippen molar-refractivity contribution in [2.24, 2.45) is 5.73 Å². The lowest BCUT2D eigenvalue weighted by Gasteiger charge is -2.32. The van der Waals surface area contributed by atoms with E-state index in [1.807, 2.05) is 14.0 Å². The Kier molecular flexibility index (Phi) is 3.69. The minimum absolute atomic E-state index is 0.218. The Labute approximate surface area is 79.7 Å². The number of piperazine rings is 1. The van der Waals surface area contributed by atoms with Crippen LogP contribution in [0.25, 0.3) is 0 Å². The summed E-state index contributed by atoms with van der Waals surface area (Å²) >= 11 is 0. The second-order valence-corrected chi connectivity index (χ2v) is 3.86. The zero-order valence-electron chi connectivity index (χ0n) is 8.49. The fourth-order valence-electron chi connectivity index (χ4n) is 1.38. The Morgan fingerprint density at radius 3 is 2.77 bits per heavy atom. The molecule has 1 aliphatic heterocycles. The molecule has 1 saturated heterocycles. The van der Waals surface area contributed by atoms with E-state index in [1.54, 1.807) is 4.90 Å². The largest absolute Gasteiger partial charge is 0.343 e. The van der Waals surface area contributed by atoms with Gasteiger partial charge in [-0.05, 0) is 13.3 Å². The van der Waals surface area contributed by atoms with Crippen LogP contribution < -0.4 is 5.73 Å². The van der Waals surface area contributed by atoms with Gasteiger partial charge in [-0.15, -0.1) is 0 Å². The molecule has 1 amide bonds. The molecule has 13 heavy (non-hydrogen) atoms. The third kappa shape index (κ3) is 3.32. The third-order valence-electron chi connectivity index (χ3n) is 2.44. The molecule has 1 fully saturated rings. The molecule has 0 radical (unpaired) electrons. The van der Waals surface area contributed by atoms with Gasteiger partial charge in [0.25, 0.3) is 0 Å². The van der Waals surface area contributed by atoms with Crippen LogP contribution >= 0.6 is 0 Å². The molecule has 0 spiro atoms. The lowest BCUT2D eigenvalue weighted by atomic mass is 10.2. The molecule has 1 unspecified atom stereocenters. The highest BCUT2D eigenvalue weighted by Gasteiger charge is 2.20. The van der Waals surface area contributed by atoms with Crippen LogP contribution in [0.4, 0.5) is 0 Å². The number of amides is 1. The van der Waals surface area contributed by atoms with E-state index in [-0.39, 0.29) is 11.9 Å². The number of carbonyl (C=O) groups excluding carboxylic acids is 1. The van der Waals surface area contributed by atoms with Gasteiger partial charge in [-0.3, -0.25) is 9.69 Å². The van der Waals surface area contributed by atoms with Crippen molar-refractivity contribution in [2.45, 2.75) is 19.4 Å². The standard InChI is InChI=1S/C9H19N3O/c1-8(10)3-4-12-6-5-11(2)9(13)7-12/h8H,3-7,10H2,1-2H3. The van der Waals surface area contributed by atoms with Crippen molar-refractivity contribution in [1.29, 1.82) is 0 Å². The molecule has 0 bridgehead atoms. The van der Waals surface area contributed by atoms with Crippen molar-refractivity contribution in [2.75, 3.05) is 33.2 Å². The first-order valence-electron chi connectivity index (χ1n) is 4.81. The second-order valence-electron chi connectivity index (χ2n) is 3.86. The third-order valence-corrected chi connectivity index (χ3v) is 2.44. The maximum atomic E-state index is 11.3. The van der Waals surface area contributed by atoms with E-state index in [1.165, 1.54) is 0 Å². The maximum Gasteiger partial charge on any atom is 0.236 e. The minimum atomic E-state index is 0.218. The number of nitrogens with zero attached hydrogens (tertiary/aromatic N) is 2. The predicted octanol–water partition coefficient (Wildman–Crippen LogP) is -0.502. The second kappa shape index (κ2) is 4.58. The van der Waals surface area contributed by atoms with Gasteiger partial charge in [0.05, 0.1) is 6.54 Å². The van der Waals surface area contributed by atoms with Gasteiger partial charge in [0.15, 0.2) is 0 Å². The van der Waals surface area contributed by atoms with E-state index in [4.69, 9.17) is 5.73 Å². The summed E-state index contributed by atoms with van der Waals surface area (Å²) in [6.45, 7) is 5.32. The highest BCUT2D eigenvalue weighted by molar-refractivity contribution is 5.78. The molecule has 0 aromatic heterocycles. The van der Waals surface area contributed by atoms with Crippen molar-refractivity contribution in [3.63, 3.8) is 0 Å². The smallest absolute Gasteiger partial charge is 0.236 e. The lowest BCUT2D eigenvalue weighted by molar-refractivity contribution is -0.134. The first-order chi connectivity index (χ1) is 6.09. The summed E-state index contributed by atoms with van der Waals surface area (Å²) in [5.74, 6) is 0.218. The molecule has 2 N–H and O–H groups in total. The Hall–Kier alpha value is -0.610. The van der Waals surface area contributed by atoms with Crippen LogP contribution in [0.15, 0.2) is 0 Å². The quantitative estimate of drug-likeness (QED) is 0.645. The molecule has 4 nitrogen and oxygen atoms in total. The fraction of sp³-hybridized carbons (Fsp3) is 0.889. The molecule has 1 heterocycles. The minimum Gasteiger partial charge on any atom is -0.343 e. The van der Waals surface area contributed by atoms with Gasteiger partial charge in [0, 0.05) is 32.7 Å². The predicted molar refractivity (Wildman–Crippen MR) is 52.3 cm³/mol. The van der Waals surface area contributed by atoms with E-state index in [2.05, 4.69) is 4.90 Å². The van der Waals surface area contributed by atoms with Gasteiger partial charge < -0.3 is 10.6 Å². The Morgan fingerprint density at radius 2 is 2.23 bits per heavy atom. The van der Waals surface area contributed by atoms with Crippen molar-refractivity contribution >= 4 is 5.91 Å². The van der Waals surface area contributed by atoms with E-state index in [0.717, 1.165) is 26.1 Å². The zero-order chi connectivity index (χ0) is 9.84.